The van der Waals surface area contributed by atoms with Crippen LogP contribution in [0.3, 0.4) is 0 Å². The van der Waals surface area contributed by atoms with Gasteiger partial charge in [-0.25, -0.2) is 4.99 Å². The van der Waals surface area contributed by atoms with Crippen LogP contribution in [0.2, 0.25) is 0 Å². The van der Waals surface area contributed by atoms with Crippen LogP contribution < -0.4 is 14.8 Å². The van der Waals surface area contributed by atoms with E-state index in [9.17, 15) is 4.79 Å². The molecule has 6 nitrogen and oxygen atoms in total. The van der Waals surface area contributed by atoms with E-state index in [4.69, 9.17) is 14.2 Å². The van der Waals surface area contributed by atoms with Gasteiger partial charge in [-0.1, -0.05) is 19.9 Å². The third-order valence-electron chi connectivity index (χ3n) is 2.77. The van der Waals surface area contributed by atoms with Crippen molar-refractivity contribution in [2.24, 2.45) is 10.9 Å². The maximum absolute atomic E-state index is 12.3. The molecule has 0 unspecified atom stereocenters. The van der Waals surface area contributed by atoms with Gasteiger partial charge in [0.1, 0.15) is 0 Å². The maximum atomic E-state index is 12.3. The highest BCUT2D eigenvalue weighted by atomic mass is 16.7. The monoisotopic (exact) mass is 304 g/mol. The molecule has 0 saturated heterocycles. The number of nitrogens with one attached hydrogen (secondary N) is 1. The number of benzene rings is 1. The normalized spacial score (nSPS) is 13.1. The molecule has 0 spiro atoms. The predicted octanol–water partition coefficient (Wildman–Crippen LogP) is 2.36. The zero-order valence-corrected chi connectivity index (χ0v) is 12.8. The van der Waals surface area contributed by atoms with E-state index in [-0.39, 0.29) is 18.7 Å². The largest absolute Gasteiger partial charge is 0.465 e. The molecule has 0 atom stereocenters. The topological polar surface area (TPSA) is 69.2 Å². The lowest BCUT2D eigenvalue weighted by atomic mass is 10.2. The summed E-state index contributed by atoms with van der Waals surface area (Å²) in [6, 6.07) is 5.19. The maximum Gasteiger partial charge on any atom is 0.292 e. The number of amidine groups is 1. The van der Waals surface area contributed by atoms with Crippen molar-refractivity contribution in [3.63, 3.8) is 0 Å². The molecule has 2 rings (SSSR count). The SMILES string of the molecule is C=CCN=C(NC(=O)c1ccc2c(c1)OCO2)OCC(C)C. The zero-order valence-electron chi connectivity index (χ0n) is 12.8. The number of hydrogen-bond acceptors (Lipinski definition) is 5. The van der Waals surface area contributed by atoms with E-state index in [0.29, 0.717) is 36.1 Å². The molecule has 0 aliphatic carbocycles. The molecular formula is C16H20N2O4. The molecule has 0 saturated carbocycles. The van der Waals surface area contributed by atoms with Gasteiger partial charge in [0.25, 0.3) is 11.9 Å². The minimum atomic E-state index is -0.315. The zero-order chi connectivity index (χ0) is 15.9. The number of fused-ring (bicyclic) bond motifs is 1. The lowest BCUT2D eigenvalue weighted by Crippen LogP contribution is -2.33. The van der Waals surface area contributed by atoms with Crippen molar-refractivity contribution in [1.29, 1.82) is 0 Å². The number of carbonyl (C=O) groups excluding carboxylic acids is 1. The van der Waals surface area contributed by atoms with E-state index < -0.39 is 0 Å². The lowest BCUT2D eigenvalue weighted by molar-refractivity contribution is 0.0962. The average molecular weight is 304 g/mol. The van der Waals surface area contributed by atoms with E-state index in [1.54, 1.807) is 24.3 Å². The molecule has 0 fully saturated rings. The number of ether oxygens (including phenoxy) is 3. The summed E-state index contributed by atoms with van der Waals surface area (Å²) in [7, 11) is 0. The number of rotatable bonds is 5. The van der Waals surface area contributed by atoms with Gasteiger partial charge in [-0.3, -0.25) is 10.1 Å². The van der Waals surface area contributed by atoms with E-state index in [0.717, 1.165) is 0 Å². The van der Waals surface area contributed by atoms with Crippen LogP contribution in [-0.2, 0) is 4.74 Å². The summed E-state index contributed by atoms with van der Waals surface area (Å²) < 4.78 is 16.0. The second-order valence-corrected chi connectivity index (χ2v) is 5.16. The molecule has 1 aromatic carbocycles. The summed E-state index contributed by atoms with van der Waals surface area (Å²) >= 11 is 0. The van der Waals surface area contributed by atoms with Gasteiger partial charge in [0, 0.05) is 5.56 Å². The fraction of sp³-hybridized carbons (Fsp3) is 0.375. The molecule has 0 bridgehead atoms. The minimum absolute atomic E-state index is 0.171. The van der Waals surface area contributed by atoms with Crippen LogP contribution in [0.5, 0.6) is 11.5 Å². The molecule has 1 aliphatic heterocycles. The second kappa shape index (κ2) is 7.49. The first kappa shape index (κ1) is 15.9. The van der Waals surface area contributed by atoms with Crippen molar-refractivity contribution < 1.29 is 19.0 Å². The summed E-state index contributed by atoms with van der Waals surface area (Å²) in [6.07, 6.45) is 1.63. The lowest BCUT2D eigenvalue weighted by Gasteiger charge is -2.12. The van der Waals surface area contributed by atoms with Gasteiger partial charge in [-0.15, -0.1) is 6.58 Å². The van der Waals surface area contributed by atoms with Crippen LogP contribution in [0.1, 0.15) is 24.2 Å². The van der Waals surface area contributed by atoms with Crippen LogP contribution in [0.4, 0.5) is 0 Å². The van der Waals surface area contributed by atoms with Crippen molar-refractivity contribution in [2.75, 3.05) is 19.9 Å². The Kier molecular flexibility index (Phi) is 5.41. The number of carbonyl (C=O) groups is 1. The van der Waals surface area contributed by atoms with Crippen molar-refractivity contribution in [3.05, 3.63) is 36.4 Å². The molecule has 0 radical (unpaired) electrons. The molecule has 1 aromatic rings. The molecule has 1 N–H and O–H groups in total. The van der Waals surface area contributed by atoms with E-state index in [1.165, 1.54) is 0 Å². The van der Waals surface area contributed by atoms with E-state index >= 15 is 0 Å². The Labute approximate surface area is 129 Å². The van der Waals surface area contributed by atoms with E-state index in [2.05, 4.69) is 16.9 Å². The molecule has 118 valence electrons. The minimum Gasteiger partial charge on any atom is -0.465 e. The van der Waals surface area contributed by atoms with Gasteiger partial charge >= 0.3 is 0 Å². The first-order valence-electron chi connectivity index (χ1n) is 7.09. The molecule has 0 aromatic heterocycles. The van der Waals surface area contributed by atoms with Gasteiger partial charge in [0.05, 0.1) is 13.2 Å². The second-order valence-electron chi connectivity index (χ2n) is 5.16. The fourth-order valence-electron chi connectivity index (χ4n) is 1.72. The highest BCUT2D eigenvalue weighted by Crippen LogP contribution is 2.32. The summed E-state index contributed by atoms with van der Waals surface area (Å²) in [6.45, 7) is 8.65. The van der Waals surface area contributed by atoms with Crippen LogP contribution in [-0.4, -0.2) is 31.9 Å². The van der Waals surface area contributed by atoms with Crippen molar-refractivity contribution in [2.45, 2.75) is 13.8 Å². The number of hydrogen-bond donors (Lipinski definition) is 1. The van der Waals surface area contributed by atoms with Crippen LogP contribution in [0.25, 0.3) is 0 Å². The average Bonchev–Trinajstić information content (AvgIpc) is 2.97. The molecular weight excluding hydrogens is 284 g/mol. The first-order valence-corrected chi connectivity index (χ1v) is 7.09. The Balaban J connectivity index is 2.05. The summed E-state index contributed by atoms with van der Waals surface area (Å²) in [5.41, 5.74) is 0.448. The van der Waals surface area contributed by atoms with Gasteiger partial charge in [-0.2, -0.15) is 0 Å². The quantitative estimate of drug-likeness (QED) is 0.515. The summed E-state index contributed by atoms with van der Waals surface area (Å²) in [4.78, 5) is 16.4. The number of amides is 1. The predicted molar refractivity (Wildman–Crippen MR) is 83.3 cm³/mol. The molecule has 1 amide bonds. The first-order chi connectivity index (χ1) is 10.6. The van der Waals surface area contributed by atoms with Gasteiger partial charge in [0.15, 0.2) is 11.5 Å². The highest BCUT2D eigenvalue weighted by molar-refractivity contribution is 6.04. The van der Waals surface area contributed by atoms with Crippen molar-refractivity contribution in [3.8, 4) is 11.5 Å². The Bertz CT molecular complexity index is 582. The Morgan fingerprint density at radius 1 is 1.45 bits per heavy atom. The van der Waals surface area contributed by atoms with Gasteiger partial charge in [0.2, 0.25) is 6.79 Å². The summed E-state index contributed by atoms with van der Waals surface area (Å²) in [5.74, 6) is 1.20. The van der Waals surface area contributed by atoms with Crippen LogP contribution in [0.15, 0.2) is 35.8 Å². The van der Waals surface area contributed by atoms with Gasteiger partial charge in [-0.05, 0) is 24.1 Å². The van der Waals surface area contributed by atoms with Crippen molar-refractivity contribution in [1.82, 2.24) is 5.32 Å². The molecule has 1 aliphatic rings. The Hall–Kier alpha value is -2.50. The summed E-state index contributed by atoms with van der Waals surface area (Å²) in [5, 5.41) is 2.66. The molecule has 6 heteroatoms. The van der Waals surface area contributed by atoms with Crippen molar-refractivity contribution >= 4 is 11.9 Å². The van der Waals surface area contributed by atoms with Crippen LogP contribution in [0, 0.1) is 5.92 Å². The fourth-order valence-corrected chi connectivity index (χ4v) is 1.72. The number of aliphatic imine (C=N–C) groups is 1. The Morgan fingerprint density at radius 2 is 2.23 bits per heavy atom. The van der Waals surface area contributed by atoms with Crippen LogP contribution >= 0.6 is 0 Å². The highest BCUT2D eigenvalue weighted by Gasteiger charge is 2.17. The Morgan fingerprint density at radius 3 is 2.95 bits per heavy atom. The molecule has 1 heterocycles. The smallest absolute Gasteiger partial charge is 0.292 e. The third kappa shape index (κ3) is 4.25. The van der Waals surface area contributed by atoms with Gasteiger partial charge < -0.3 is 14.2 Å². The number of nitrogens with zero attached hydrogens (tertiary/aromatic N) is 1. The molecule has 22 heavy (non-hydrogen) atoms. The third-order valence-corrected chi connectivity index (χ3v) is 2.77. The standard InChI is InChI=1S/C16H20N2O4/c1-4-7-17-16(20-9-11(2)3)18-15(19)12-5-6-13-14(8-12)22-10-21-13/h4-6,8,11H,1,7,9-10H2,2-3H3,(H,17,18,19). The van der Waals surface area contributed by atoms with E-state index in [1.807, 2.05) is 13.8 Å².